The number of benzene rings is 1. The van der Waals surface area contributed by atoms with E-state index in [0.717, 1.165) is 13.1 Å². The number of esters is 1. The first kappa shape index (κ1) is 17.3. The Labute approximate surface area is 131 Å². The lowest BCUT2D eigenvalue weighted by molar-refractivity contribution is -0.144. The molecule has 0 saturated heterocycles. The zero-order chi connectivity index (χ0) is 17.0. The lowest BCUT2D eigenvalue weighted by Gasteiger charge is -2.17. The third-order valence-corrected chi connectivity index (χ3v) is 3.52. The van der Waals surface area contributed by atoms with Crippen molar-refractivity contribution < 1.29 is 22.7 Å². The number of imidazole rings is 1. The highest BCUT2D eigenvalue weighted by molar-refractivity contribution is 5.93. The maximum absolute atomic E-state index is 12.6. The summed E-state index contributed by atoms with van der Waals surface area (Å²) >= 11 is 0. The van der Waals surface area contributed by atoms with Crippen LogP contribution in [0.2, 0.25) is 0 Å². The number of carbonyl (C=O) groups excluding carboxylic acids is 1. The zero-order valence-corrected chi connectivity index (χ0v) is 12.9. The number of nitrogens with one attached hydrogen (secondary N) is 1. The van der Waals surface area contributed by atoms with E-state index in [1.807, 2.05) is 13.8 Å². The predicted molar refractivity (Wildman–Crippen MR) is 79.2 cm³/mol. The van der Waals surface area contributed by atoms with Gasteiger partial charge >= 0.3 is 12.1 Å². The molecule has 0 bridgehead atoms. The Hall–Kier alpha value is -2.09. The topological polar surface area (TPSA) is 58.2 Å². The Kier molecular flexibility index (Phi) is 5.25. The number of ether oxygens (including phenoxy) is 1. The molecule has 1 N–H and O–H groups in total. The van der Waals surface area contributed by atoms with Crippen LogP contribution in [0.5, 0.6) is 0 Å². The minimum absolute atomic E-state index is 0.149. The Morgan fingerprint density at radius 2 is 2.00 bits per heavy atom. The Morgan fingerprint density at radius 1 is 1.30 bits per heavy atom. The quantitative estimate of drug-likeness (QED) is 0.828. The van der Waals surface area contributed by atoms with Crippen LogP contribution in [0.15, 0.2) is 18.2 Å². The van der Waals surface area contributed by atoms with E-state index in [1.165, 1.54) is 18.2 Å². The molecule has 0 saturated carbocycles. The predicted octanol–water partition coefficient (Wildman–Crippen LogP) is 3.08. The molecule has 0 amide bonds. The van der Waals surface area contributed by atoms with Crippen LogP contribution in [0.25, 0.3) is 11.0 Å². The van der Waals surface area contributed by atoms with Crippen LogP contribution in [0, 0.1) is 0 Å². The number of likely N-dealkylation sites (N-methyl/N-ethyl adjacent to an activating group) is 1. The third kappa shape index (κ3) is 4.22. The zero-order valence-electron chi connectivity index (χ0n) is 12.9. The number of halogens is 3. The fourth-order valence-electron chi connectivity index (χ4n) is 2.16. The number of aromatic amines is 1. The van der Waals surface area contributed by atoms with Crippen LogP contribution in [0.4, 0.5) is 13.2 Å². The Balaban J connectivity index is 2.06. The molecule has 0 aliphatic carbocycles. The van der Waals surface area contributed by atoms with Gasteiger partial charge in [-0.15, -0.1) is 0 Å². The molecule has 0 radical (unpaired) electrons. The number of rotatable bonds is 6. The Bertz CT molecular complexity index is 678. The molecule has 2 aromatic rings. The summed E-state index contributed by atoms with van der Waals surface area (Å²) in [6.45, 7) is 6.58. The molecule has 2 rings (SSSR count). The van der Waals surface area contributed by atoms with E-state index < -0.39 is 18.0 Å². The number of H-pyrrole nitrogens is 1. The highest BCUT2D eigenvalue weighted by Gasteiger charge is 2.34. The van der Waals surface area contributed by atoms with Gasteiger partial charge in [-0.2, -0.15) is 13.2 Å². The molecule has 0 spiro atoms. The first-order chi connectivity index (χ1) is 10.8. The molecule has 1 heterocycles. The minimum Gasteiger partial charge on any atom is -0.461 e. The normalized spacial score (nSPS) is 12.1. The van der Waals surface area contributed by atoms with Gasteiger partial charge in [-0.05, 0) is 31.3 Å². The molecular formula is C15H18F3N3O2. The average molecular weight is 329 g/mol. The van der Waals surface area contributed by atoms with Gasteiger partial charge in [0.1, 0.15) is 6.61 Å². The average Bonchev–Trinajstić information content (AvgIpc) is 2.94. The van der Waals surface area contributed by atoms with Crippen molar-refractivity contribution in [3.63, 3.8) is 0 Å². The van der Waals surface area contributed by atoms with Crippen LogP contribution >= 0.6 is 0 Å². The van der Waals surface area contributed by atoms with Gasteiger partial charge in [0, 0.05) is 6.54 Å². The van der Waals surface area contributed by atoms with E-state index in [9.17, 15) is 18.0 Å². The van der Waals surface area contributed by atoms with Crippen molar-refractivity contribution in [1.29, 1.82) is 0 Å². The summed E-state index contributed by atoms with van der Waals surface area (Å²) < 4.78 is 43.0. The van der Waals surface area contributed by atoms with E-state index in [4.69, 9.17) is 4.74 Å². The van der Waals surface area contributed by atoms with Gasteiger partial charge in [0.25, 0.3) is 0 Å². The second kappa shape index (κ2) is 6.99. The van der Waals surface area contributed by atoms with E-state index in [2.05, 4.69) is 14.9 Å². The van der Waals surface area contributed by atoms with Crippen molar-refractivity contribution in [3.05, 3.63) is 29.6 Å². The molecule has 0 unspecified atom stereocenters. The first-order valence-electron chi connectivity index (χ1n) is 7.31. The molecule has 8 heteroatoms. The molecule has 0 fully saturated rings. The van der Waals surface area contributed by atoms with Crippen LogP contribution in [0.3, 0.4) is 0 Å². The van der Waals surface area contributed by atoms with Gasteiger partial charge in [-0.25, -0.2) is 9.78 Å². The first-order valence-corrected chi connectivity index (χ1v) is 7.31. The van der Waals surface area contributed by atoms with Crippen LogP contribution in [0.1, 0.15) is 30.0 Å². The van der Waals surface area contributed by atoms with E-state index in [-0.39, 0.29) is 23.2 Å². The monoisotopic (exact) mass is 329 g/mol. The van der Waals surface area contributed by atoms with Crippen LogP contribution < -0.4 is 0 Å². The van der Waals surface area contributed by atoms with Crippen LogP contribution in [-0.2, 0) is 10.9 Å². The van der Waals surface area contributed by atoms with E-state index in [1.54, 1.807) is 0 Å². The number of hydrogen-bond acceptors (Lipinski definition) is 4. The summed E-state index contributed by atoms with van der Waals surface area (Å²) in [5, 5.41) is 0. The maximum Gasteiger partial charge on any atom is 0.449 e. The summed E-state index contributed by atoms with van der Waals surface area (Å²) in [7, 11) is 0. The van der Waals surface area contributed by atoms with Gasteiger partial charge in [0.2, 0.25) is 5.82 Å². The van der Waals surface area contributed by atoms with Crippen molar-refractivity contribution in [3.8, 4) is 0 Å². The number of hydrogen-bond donors (Lipinski definition) is 1. The number of carbonyl (C=O) groups is 1. The number of aromatic nitrogens is 2. The number of alkyl halides is 3. The smallest absolute Gasteiger partial charge is 0.449 e. The van der Waals surface area contributed by atoms with Crippen LogP contribution in [-0.4, -0.2) is 47.1 Å². The molecule has 0 aliphatic heterocycles. The molecule has 1 aromatic carbocycles. The summed E-state index contributed by atoms with van der Waals surface area (Å²) in [6, 6.07) is 4.09. The maximum atomic E-state index is 12.6. The lowest BCUT2D eigenvalue weighted by Crippen LogP contribution is -2.27. The van der Waals surface area contributed by atoms with E-state index in [0.29, 0.717) is 6.54 Å². The minimum atomic E-state index is -4.55. The van der Waals surface area contributed by atoms with Gasteiger partial charge in [0.15, 0.2) is 0 Å². The van der Waals surface area contributed by atoms with Gasteiger partial charge in [-0.1, -0.05) is 13.8 Å². The number of fused-ring (bicyclic) bond motifs is 1. The van der Waals surface area contributed by atoms with Crippen molar-refractivity contribution >= 4 is 17.0 Å². The summed E-state index contributed by atoms with van der Waals surface area (Å²) in [5.74, 6) is -1.65. The van der Waals surface area contributed by atoms with Crippen molar-refractivity contribution in [2.24, 2.45) is 0 Å². The molecule has 1 aromatic heterocycles. The molecule has 0 atom stereocenters. The second-order valence-electron chi connectivity index (χ2n) is 4.98. The summed E-state index contributed by atoms with van der Waals surface area (Å²) in [4.78, 5) is 19.7. The molecule has 0 aliphatic rings. The molecular weight excluding hydrogens is 311 g/mol. The third-order valence-electron chi connectivity index (χ3n) is 3.52. The summed E-state index contributed by atoms with van der Waals surface area (Å²) in [6.07, 6.45) is -4.55. The molecule has 126 valence electrons. The van der Waals surface area contributed by atoms with E-state index >= 15 is 0 Å². The molecule has 23 heavy (non-hydrogen) atoms. The fraction of sp³-hybridized carbons (Fsp3) is 0.467. The highest BCUT2D eigenvalue weighted by Crippen LogP contribution is 2.28. The largest absolute Gasteiger partial charge is 0.461 e. The van der Waals surface area contributed by atoms with Gasteiger partial charge < -0.3 is 14.6 Å². The fourth-order valence-corrected chi connectivity index (χ4v) is 2.16. The SMILES string of the molecule is CCN(CC)CCOC(=O)c1ccc2nc(C(F)(F)F)[nH]c2c1. The highest BCUT2D eigenvalue weighted by atomic mass is 19.4. The summed E-state index contributed by atoms with van der Waals surface area (Å²) in [5.41, 5.74) is 0.488. The number of nitrogens with zero attached hydrogens (tertiary/aromatic N) is 2. The van der Waals surface area contributed by atoms with Crippen molar-refractivity contribution in [1.82, 2.24) is 14.9 Å². The second-order valence-corrected chi connectivity index (χ2v) is 4.98. The lowest BCUT2D eigenvalue weighted by atomic mass is 10.2. The molecule has 5 nitrogen and oxygen atoms in total. The van der Waals surface area contributed by atoms with Gasteiger partial charge in [-0.3, -0.25) is 0 Å². The van der Waals surface area contributed by atoms with Crippen molar-refractivity contribution in [2.75, 3.05) is 26.2 Å². The van der Waals surface area contributed by atoms with Crippen molar-refractivity contribution in [2.45, 2.75) is 20.0 Å². The standard InChI is InChI=1S/C15H18F3N3O2/c1-3-21(4-2)7-8-23-13(22)10-5-6-11-12(9-10)20-14(19-11)15(16,17)18/h5-6,9H,3-4,7-8H2,1-2H3,(H,19,20). The Morgan fingerprint density at radius 3 is 2.61 bits per heavy atom. The van der Waals surface area contributed by atoms with Gasteiger partial charge in [0.05, 0.1) is 16.6 Å².